The Morgan fingerprint density at radius 3 is 2.94 bits per heavy atom. The zero-order valence-electron chi connectivity index (χ0n) is 9.49. The van der Waals surface area contributed by atoms with Crippen LogP contribution in [-0.4, -0.2) is 37.3 Å². The Labute approximate surface area is 97.5 Å². The number of hydrogen-bond donors (Lipinski definition) is 0. The summed E-state index contributed by atoms with van der Waals surface area (Å²) in [4.78, 5) is 23.5. The number of ether oxygens (including phenoxy) is 1. The van der Waals surface area contributed by atoms with Gasteiger partial charge in [0.1, 0.15) is 5.69 Å². The highest BCUT2D eigenvalue weighted by Crippen LogP contribution is 2.12. The van der Waals surface area contributed by atoms with Crippen LogP contribution in [0.1, 0.15) is 17.5 Å². The predicted octanol–water partition coefficient (Wildman–Crippen LogP) is 0.449. The summed E-state index contributed by atoms with van der Waals surface area (Å²) in [6.07, 6.45) is 4.67. The molecule has 0 amide bonds. The first-order valence-electron chi connectivity index (χ1n) is 5.07. The number of hydrogen-bond acceptors (Lipinski definition) is 6. The molecule has 0 aliphatic heterocycles. The topological polar surface area (TPSA) is 82.8 Å². The van der Waals surface area contributed by atoms with E-state index in [-0.39, 0.29) is 12.4 Å². The zero-order chi connectivity index (χ0) is 12.3. The van der Waals surface area contributed by atoms with E-state index in [4.69, 9.17) is 4.74 Å². The van der Waals surface area contributed by atoms with Crippen LogP contribution in [0.2, 0.25) is 0 Å². The number of carbonyl (C=O) groups excluding carboxylic acids is 1. The van der Waals surface area contributed by atoms with Gasteiger partial charge in [0.15, 0.2) is 5.82 Å². The minimum absolute atomic E-state index is 0.0232. The Morgan fingerprint density at radius 2 is 2.29 bits per heavy atom. The molecule has 0 aliphatic carbocycles. The van der Waals surface area contributed by atoms with Crippen molar-refractivity contribution in [3.8, 4) is 11.5 Å². The maximum atomic E-state index is 11.4. The van der Waals surface area contributed by atoms with Crippen LogP contribution in [0, 0.1) is 0 Å². The second-order valence-corrected chi connectivity index (χ2v) is 3.19. The molecule has 0 spiro atoms. The van der Waals surface area contributed by atoms with E-state index in [9.17, 15) is 4.79 Å². The smallest absolute Gasteiger partial charge is 0.378 e. The van der Waals surface area contributed by atoms with Gasteiger partial charge in [-0.1, -0.05) is 0 Å². The first-order valence-corrected chi connectivity index (χ1v) is 5.07. The van der Waals surface area contributed by atoms with Gasteiger partial charge in [-0.15, -0.1) is 5.10 Å². The van der Waals surface area contributed by atoms with E-state index in [2.05, 4.69) is 20.1 Å². The highest BCUT2D eigenvalue weighted by Gasteiger charge is 2.17. The molecule has 0 bridgehead atoms. The highest BCUT2D eigenvalue weighted by molar-refractivity contribution is 5.85. The Morgan fingerprint density at radius 1 is 1.47 bits per heavy atom. The van der Waals surface area contributed by atoms with Crippen molar-refractivity contribution in [3.05, 3.63) is 24.4 Å². The van der Waals surface area contributed by atoms with E-state index in [0.29, 0.717) is 11.5 Å². The van der Waals surface area contributed by atoms with Crippen molar-refractivity contribution in [1.82, 2.24) is 24.7 Å². The Balaban J connectivity index is 2.35. The molecule has 7 heteroatoms. The summed E-state index contributed by atoms with van der Waals surface area (Å²) in [5, 5.41) is 3.97. The number of esters is 1. The molecule has 0 aromatic carbocycles. The van der Waals surface area contributed by atoms with E-state index in [1.165, 1.54) is 4.68 Å². The summed E-state index contributed by atoms with van der Waals surface area (Å²) in [5.74, 6) is -0.0469. The minimum Gasteiger partial charge on any atom is -0.460 e. The second kappa shape index (κ2) is 4.69. The third-order valence-electron chi connectivity index (χ3n) is 2.01. The molecule has 88 valence electrons. The number of nitrogens with zero attached hydrogens (tertiary/aromatic N) is 5. The van der Waals surface area contributed by atoms with Crippen LogP contribution in [0.3, 0.4) is 0 Å². The third kappa shape index (κ3) is 2.27. The van der Waals surface area contributed by atoms with Crippen molar-refractivity contribution in [2.45, 2.75) is 6.92 Å². The van der Waals surface area contributed by atoms with E-state index in [1.54, 1.807) is 32.6 Å². The Bertz CT molecular complexity index is 523. The summed E-state index contributed by atoms with van der Waals surface area (Å²) in [5.41, 5.74) is 0.554. The average Bonchev–Trinajstić information content (AvgIpc) is 2.73. The summed E-state index contributed by atoms with van der Waals surface area (Å²) >= 11 is 0. The van der Waals surface area contributed by atoms with Gasteiger partial charge >= 0.3 is 5.97 Å². The van der Waals surface area contributed by atoms with Gasteiger partial charge in [0.05, 0.1) is 12.8 Å². The van der Waals surface area contributed by atoms with Crippen LogP contribution in [0.4, 0.5) is 0 Å². The lowest BCUT2D eigenvalue weighted by Gasteiger charge is -1.96. The van der Waals surface area contributed by atoms with Crippen LogP contribution in [0.15, 0.2) is 18.6 Å². The van der Waals surface area contributed by atoms with Gasteiger partial charge in [0, 0.05) is 19.4 Å². The van der Waals surface area contributed by atoms with Crippen LogP contribution >= 0.6 is 0 Å². The van der Waals surface area contributed by atoms with Gasteiger partial charge in [-0.05, 0) is 6.92 Å². The zero-order valence-corrected chi connectivity index (χ0v) is 9.49. The van der Waals surface area contributed by atoms with Gasteiger partial charge in [-0.25, -0.2) is 14.5 Å². The molecule has 0 unspecified atom stereocenters. The number of rotatable bonds is 3. The van der Waals surface area contributed by atoms with E-state index in [1.807, 2.05) is 0 Å². The fourth-order valence-corrected chi connectivity index (χ4v) is 1.30. The van der Waals surface area contributed by atoms with Gasteiger partial charge in [0.25, 0.3) is 5.82 Å². The van der Waals surface area contributed by atoms with Gasteiger partial charge in [-0.3, -0.25) is 4.98 Å². The molecular weight excluding hydrogens is 222 g/mol. The quantitative estimate of drug-likeness (QED) is 0.716. The molecule has 0 atom stereocenters. The summed E-state index contributed by atoms with van der Waals surface area (Å²) in [7, 11) is 1.68. The molecule has 0 saturated carbocycles. The summed E-state index contributed by atoms with van der Waals surface area (Å²) in [6.45, 7) is 2.02. The maximum absolute atomic E-state index is 11.4. The summed E-state index contributed by atoms with van der Waals surface area (Å²) < 4.78 is 6.29. The Kier molecular flexibility index (Phi) is 3.08. The third-order valence-corrected chi connectivity index (χ3v) is 2.01. The molecule has 2 aromatic rings. The normalized spacial score (nSPS) is 10.2. The molecule has 0 fully saturated rings. The van der Waals surface area contributed by atoms with Crippen LogP contribution in [0.25, 0.3) is 11.5 Å². The fourth-order valence-electron chi connectivity index (χ4n) is 1.30. The van der Waals surface area contributed by atoms with Crippen molar-refractivity contribution in [2.24, 2.45) is 7.05 Å². The largest absolute Gasteiger partial charge is 0.460 e. The summed E-state index contributed by atoms with van der Waals surface area (Å²) in [6, 6.07) is 0. The van der Waals surface area contributed by atoms with Crippen molar-refractivity contribution < 1.29 is 9.53 Å². The molecule has 7 nitrogen and oxygen atoms in total. The number of aryl methyl sites for hydroxylation is 1. The number of aromatic nitrogens is 5. The van der Waals surface area contributed by atoms with Crippen molar-refractivity contribution in [3.63, 3.8) is 0 Å². The predicted molar refractivity (Wildman–Crippen MR) is 58.0 cm³/mol. The fraction of sp³-hybridized carbons (Fsp3) is 0.300. The molecule has 17 heavy (non-hydrogen) atoms. The van der Waals surface area contributed by atoms with Crippen molar-refractivity contribution in [1.29, 1.82) is 0 Å². The van der Waals surface area contributed by atoms with Crippen LogP contribution in [-0.2, 0) is 11.8 Å². The molecule has 2 rings (SSSR count). The highest BCUT2D eigenvalue weighted by atomic mass is 16.5. The first-order chi connectivity index (χ1) is 8.22. The molecule has 0 radical (unpaired) electrons. The number of carbonyl (C=O) groups is 1. The molecule has 0 saturated heterocycles. The Hall–Kier alpha value is -2.31. The van der Waals surface area contributed by atoms with E-state index in [0.717, 1.165) is 0 Å². The molecule has 0 N–H and O–H groups in total. The minimum atomic E-state index is -0.543. The maximum Gasteiger partial charge on any atom is 0.378 e. The molecule has 2 heterocycles. The van der Waals surface area contributed by atoms with Crippen molar-refractivity contribution in [2.75, 3.05) is 6.61 Å². The van der Waals surface area contributed by atoms with Crippen LogP contribution < -0.4 is 0 Å². The molecule has 0 aliphatic rings. The standard InChI is InChI=1S/C10H11N5O2/c1-3-17-10(16)8-13-9(15(2)14-8)7-6-11-4-5-12-7/h4-6H,3H2,1-2H3. The lowest BCUT2D eigenvalue weighted by molar-refractivity contribution is 0.0512. The average molecular weight is 233 g/mol. The van der Waals surface area contributed by atoms with Gasteiger partial charge < -0.3 is 4.74 Å². The molecular formula is C10H11N5O2. The van der Waals surface area contributed by atoms with Crippen molar-refractivity contribution >= 4 is 5.97 Å². The first kappa shape index (κ1) is 11.2. The molecule has 2 aromatic heterocycles. The van der Waals surface area contributed by atoms with E-state index < -0.39 is 5.97 Å². The van der Waals surface area contributed by atoms with Gasteiger partial charge in [0.2, 0.25) is 0 Å². The monoisotopic (exact) mass is 233 g/mol. The lowest BCUT2D eigenvalue weighted by Crippen LogP contribution is -2.07. The SMILES string of the molecule is CCOC(=O)c1nc(-c2cnccn2)n(C)n1. The lowest BCUT2D eigenvalue weighted by atomic mass is 10.4. The van der Waals surface area contributed by atoms with E-state index >= 15 is 0 Å². The van der Waals surface area contributed by atoms with Crippen LogP contribution in [0.5, 0.6) is 0 Å². The second-order valence-electron chi connectivity index (χ2n) is 3.19. The van der Waals surface area contributed by atoms with Gasteiger partial charge in [-0.2, -0.15) is 4.98 Å².